The van der Waals surface area contributed by atoms with Gasteiger partial charge in [0.05, 0.1) is 11.5 Å². The Morgan fingerprint density at radius 2 is 2.09 bits per heavy atom. The first kappa shape index (κ1) is 17.8. The fraction of sp³-hybridized carbons (Fsp3) is 0.533. The highest BCUT2D eigenvalue weighted by Gasteiger charge is 2.31. The maximum atomic E-state index is 13.1. The van der Waals surface area contributed by atoms with Gasteiger partial charge in [0.2, 0.25) is 5.91 Å². The lowest BCUT2D eigenvalue weighted by Gasteiger charge is -2.26. The zero-order valence-electron chi connectivity index (χ0n) is 12.9. The van der Waals surface area contributed by atoms with E-state index in [1.54, 1.807) is 0 Å². The zero-order chi connectivity index (χ0) is 17.0. The Hall–Kier alpha value is -1.54. The van der Waals surface area contributed by atoms with Crippen molar-refractivity contribution in [1.82, 2.24) is 4.90 Å². The van der Waals surface area contributed by atoms with Gasteiger partial charge < -0.3 is 5.32 Å². The molecule has 0 bridgehead atoms. The van der Waals surface area contributed by atoms with Gasteiger partial charge in [0.15, 0.2) is 21.5 Å². The smallest absolute Gasteiger partial charge is 0.225 e. The van der Waals surface area contributed by atoms with Gasteiger partial charge in [-0.15, -0.1) is 0 Å². The lowest BCUT2D eigenvalue weighted by Crippen LogP contribution is -2.38. The molecule has 1 atom stereocenters. The number of rotatable bonds is 6. The third-order valence-corrected chi connectivity index (χ3v) is 5.71. The molecule has 0 aliphatic carbocycles. The summed E-state index contributed by atoms with van der Waals surface area (Å²) >= 11 is 0. The van der Waals surface area contributed by atoms with Crippen LogP contribution in [0, 0.1) is 11.6 Å². The van der Waals surface area contributed by atoms with Crippen LogP contribution in [-0.2, 0) is 14.6 Å². The maximum absolute atomic E-state index is 13.1. The molecule has 0 spiro atoms. The quantitative estimate of drug-likeness (QED) is 0.853. The number of nitrogens with zero attached hydrogens (tertiary/aromatic N) is 1. The Morgan fingerprint density at radius 1 is 1.35 bits per heavy atom. The van der Waals surface area contributed by atoms with Crippen LogP contribution in [0.15, 0.2) is 18.2 Å². The Kier molecular flexibility index (Phi) is 5.69. The van der Waals surface area contributed by atoms with Gasteiger partial charge in [0.25, 0.3) is 0 Å². The molecule has 0 radical (unpaired) electrons. The number of benzene rings is 1. The van der Waals surface area contributed by atoms with E-state index in [0.29, 0.717) is 19.5 Å². The highest BCUT2D eigenvalue weighted by atomic mass is 32.2. The summed E-state index contributed by atoms with van der Waals surface area (Å²) in [6.07, 6.45) is 0.740. The van der Waals surface area contributed by atoms with E-state index in [-0.39, 0.29) is 35.6 Å². The number of hydrogen-bond donors (Lipinski definition) is 1. The molecule has 1 saturated heterocycles. The maximum Gasteiger partial charge on any atom is 0.225 e. The molecule has 0 aromatic heterocycles. The van der Waals surface area contributed by atoms with Crippen LogP contribution in [0.1, 0.15) is 19.8 Å². The van der Waals surface area contributed by atoms with Gasteiger partial charge in [-0.05, 0) is 25.1 Å². The third kappa shape index (κ3) is 4.97. The van der Waals surface area contributed by atoms with Gasteiger partial charge in [-0.1, -0.05) is 6.92 Å². The normalized spacial score (nSPS) is 19.9. The minimum atomic E-state index is -2.97. The fourth-order valence-electron chi connectivity index (χ4n) is 2.70. The summed E-state index contributed by atoms with van der Waals surface area (Å²) in [6.45, 7) is 2.99. The van der Waals surface area contributed by atoms with Crippen LogP contribution in [0.5, 0.6) is 0 Å². The molecule has 1 amide bonds. The van der Waals surface area contributed by atoms with E-state index < -0.39 is 21.5 Å². The topological polar surface area (TPSA) is 66.5 Å². The van der Waals surface area contributed by atoms with Crippen molar-refractivity contribution in [3.8, 4) is 0 Å². The number of carbonyl (C=O) groups excluding carboxylic acids is 1. The van der Waals surface area contributed by atoms with E-state index in [0.717, 1.165) is 12.1 Å². The molecule has 2 rings (SSSR count). The molecule has 1 aliphatic rings. The molecule has 1 aliphatic heterocycles. The number of halogens is 2. The van der Waals surface area contributed by atoms with Crippen LogP contribution in [0.2, 0.25) is 0 Å². The average Bonchev–Trinajstić information content (AvgIpc) is 2.84. The predicted octanol–water partition coefficient (Wildman–Crippen LogP) is 1.80. The minimum Gasteiger partial charge on any atom is -0.326 e. The lowest BCUT2D eigenvalue weighted by atomic mass is 10.2. The van der Waals surface area contributed by atoms with E-state index in [1.165, 1.54) is 6.07 Å². The van der Waals surface area contributed by atoms with Crippen molar-refractivity contribution >= 4 is 21.4 Å². The number of amides is 1. The molecule has 23 heavy (non-hydrogen) atoms. The van der Waals surface area contributed by atoms with Crippen molar-refractivity contribution in [2.24, 2.45) is 0 Å². The molecular formula is C15H20F2N2O3S. The molecule has 1 unspecified atom stereocenters. The monoisotopic (exact) mass is 346 g/mol. The van der Waals surface area contributed by atoms with Crippen molar-refractivity contribution in [2.75, 3.05) is 29.9 Å². The molecule has 1 aromatic carbocycles. The second-order valence-corrected chi connectivity index (χ2v) is 7.84. The van der Waals surface area contributed by atoms with E-state index >= 15 is 0 Å². The van der Waals surface area contributed by atoms with Crippen LogP contribution >= 0.6 is 0 Å². The molecule has 5 nitrogen and oxygen atoms in total. The number of carbonyl (C=O) groups is 1. The number of sulfone groups is 1. The molecular weight excluding hydrogens is 326 g/mol. The number of anilines is 1. The molecule has 128 valence electrons. The first-order valence-corrected chi connectivity index (χ1v) is 9.32. The first-order valence-electron chi connectivity index (χ1n) is 7.50. The summed E-state index contributed by atoms with van der Waals surface area (Å²) in [5.41, 5.74) is 0.195. The van der Waals surface area contributed by atoms with Crippen molar-refractivity contribution in [3.63, 3.8) is 0 Å². The second kappa shape index (κ2) is 7.35. The van der Waals surface area contributed by atoms with Crippen LogP contribution in [0.4, 0.5) is 14.5 Å². The van der Waals surface area contributed by atoms with Crippen LogP contribution in [0.25, 0.3) is 0 Å². The van der Waals surface area contributed by atoms with E-state index in [4.69, 9.17) is 0 Å². The Labute approximate surface area is 134 Å². The summed E-state index contributed by atoms with van der Waals surface area (Å²) in [5.74, 6) is -1.99. The highest BCUT2D eigenvalue weighted by Crippen LogP contribution is 2.18. The summed E-state index contributed by atoms with van der Waals surface area (Å²) in [6, 6.07) is 3.11. The summed E-state index contributed by atoms with van der Waals surface area (Å²) in [4.78, 5) is 13.9. The fourth-order valence-corrected chi connectivity index (χ4v) is 4.47. The van der Waals surface area contributed by atoms with Gasteiger partial charge >= 0.3 is 0 Å². The second-order valence-electron chi connectivity index (χ2n) is 5.61. The Balaban J connectivity index is 1.86. The van der Waals surface area contributed by atoms with Crippen molar-refractivity contribution in [2.45, 2.75) is 25.8 Å². The average molecular weight is 346 g/mol. The molecule has 1 N–H and O–H groups in total. The molecule has 1 aromatic rings. The third-order valence-electron chi connectivity index (χ3n) is 3.96. The van der Waals surface area contributed by atoms with Crippen molar-refractivity contribution in [1.29, 1.82) is 0 Å². The van der Waals surface area contributed by atoms with Gasteiger partial charge in [0, 0.05) is 30.8 Å². The summed E-state index contributed by atoms with van der Waals surface area (Å²) in [7, 11) is -2.97. The molecule has 1 fully saturated rings. The van der Waals surface area contributed by atoms with Gasteiger partial charge in [0.1, 0.15) is 0 Å². The standard InChI is InChI=1S/C15H20F2N2O3S/c1-2-19(12-6-8-23(21,22)10-12)7-5-15(20)18-11-3-4-13(16)14(17)9-11/h3-4,9,12H,2,5-8,10H2,1H3,(H,18,20). The van der Waals surface area contributed by atoms with E-state index in [9.17, 15) is 22.0 Å². The first-order chi connectivity index (χ1) is 10.8. The van der Waals surface area contributed by atoms with Crippen LogP contribution < -0.4 is 5.32 Å². The Morgan fingerprint density at radius 3 is 2.65 bits per heavy atom. The van der Waals surface area contributed by atoms with Crippen molar-refractivity contribution < 1.29 is 22.0 Å². The number of hydrogen-bond acceptors (Lipinski definition) is 4. The van der Waals surface area contributed by atoms with Crippen molar-refractivity contribution in [3.05, 3.63) is 29.8 Å². The van der Waals surface area contributed by atoms with Gasteiger partial charge in [-0.25, -0.2) is 17.2 Å². The Bertz CT molecular complexity index is 679. The van der Waals surface area contributed by atoms with Crippen LogP contribution in [-0.4, -0.2) is 49.9 Å². The zero-order valence-corrected chi connectivity index (χ0v) is 13.7. The predicted molar refractivity (Wildman–Crippen MR) is 83.9 cm³/mol. The lowest BCUT2D eigenvalue weighted by molar-refractivity contribution is -0.116. The summed E-state index contributed by atoms with van der Waals surface area (Å²) in [5, 5.41) is 2.51. The summed E-state index contributed by atoms with van der Waals surface area (Å²) < 4.78 is 49.0. The largest absolute Gasteiger partial charge is 0.326 e. The van der Waals surface area contributed by atoms with Gasteiger partial charge in [-0.3, -0.25) is 9.69 Å². The SMILES string of the molecule is CCN(CCC(=O)Nc1ccc(F)c(F)c1)C1CCS(=O)(=O)C1. The minimum absolute atomic E-state index is 0.0546. The van der Waals surface area contributed by atoms with E-state index in [2.05, 4.69) is 5.32 Å². The van der Waals surface area contributed by atoms with Gasteiger partial charge in [-0.2, -0.15) is 0 Å². The molecule has 0 saturated carbocycles. The number of nitrogens with one attached hydrogen (secondary N) is 1. The highest BCUT2D eigenvalue weighted by molar-refractivity contribution is 7.91. The molecule has 8 heteroatoms. The molecule has 1 heterocycles. The van der Waals surface area contributed by atoms with Crippen LogP contribution in [0.3, 0.4) is 0 Å². The van der Waals surface area contributed by atoms with E-state index in [1.807, 2.05) is 11.8 Å².